The molecular weight excluding hydrogens is 461 g/mol. The highest BCUT2D eigenvalue weighted by Crippen LogP contribution is 2.54. The van der Waals surface area contributed by atoms with Gasteiger partial charge in [0.15, 0.2) is 12.4 Å². The Balaban J connectivity index is 2.14. The maximum Gasteiger partial charge on any atom is 0.460 e. The van der Waals surface area contributed by atoms with E-state index in [4.69, 9.17) is 4.74 Å². The van der Waals surface area contributed by atoms with Crippen LogP contribution in [0.4, 0.5) is 42.1 Å². The van der Waals surface area contributed by atoms with Gasteiger partial charge >= 0.3 is 23.0 Å². The highest BCUT2D eigenvalue weighted by atomic mass is 32.2. The molecule has 0 spiro atoms. The van der Waals surface area contributed by atoms with Crippen molar-refractivity contribution in [1.82, 2.24) is 0 Å². The van der Waals surface area contributed by atoms with Crippen LogP contribution in [0.5, 0.6) is 5.75 Å². The van der Waals surface area contributed by atoms with Crippen molar-refractivity contribution < 1.29 is 45.2 Å². The van der Waals surface area contributed by atoms with E-state index in [0.29, 0.717) is 0 Å². The first-order valence-corrected chi connectivity index (χ1v) is 8.84. The van der Waals surface area contributed by atoms with Crippen molar-refractivity contribution in [2.75, 3.05) is 11.9 Å². The normalized spacial score (nSPS) is 12.4. The van der Waals surface area contributed by atoms with Gasteiger partial charge < -0.3 is 10.1 Å². The summed E-state index contributed by atoms with van der Waals surface area (Å²) in [4.78, 5) is 21.4. The third kappa shape index (κ3) is 5.57. The summed E-state index contributed by atoms with van der Waals surface area (Å²) in [5.41, 5.74) is -0.943. The number of hydrogen-bond donors (Lipinski definition) is 1. The van der Waals surface area contributed by atoms with E-state index in [2.05, 4.69) is 0 Å². The molecule has 0 aliphatic rings. The molecule has 0 bridgehead atoms. The molecule has 0 saturated carbocycles. The molecule has 2 aromatic carbocycles. The molecular formula is C17H11F7N2O4S. The number of carbonyl (C=O) groups excluding carboxylic acids is 1. The Morgan fingerprint density at radius 3 is 2.19 bits per heavy atom. The summed E-state index contributed by atoms with van der Waals surface area (Å²) in [6.07, 6.45) is -6.50. The zero-order valence-electron chi connectivity index (χ0n) is 15.0. The van der Waals surface area contributed by atoms with Gasteiger partial charge in [-0.15, -0.1) is 0 Å². The van der Waals surface area contributed by atoms with E-state index in [1.807, 2.05) is 5.32 Å². The highest BCUT2D eigenvalue weighted by Gasteiger charge is 2.73. The number of nitrogens with one attached hydrogen (secondary N) is 1. The summed E-state index contributed by atoms with van der Waals surface area (Å²) in [5, 5.41) is 7.35. The molecule has 0 aliphatic carbocycles. The number of hydrogen-bond acceptors (Lipinski definition) is 5. The summed E-state index contributed by atoms with van der Waals surface area (Å²) in [6, 6.07) is 9.12. The van der Waals surface area contributed by atoms with Gasteiger partial charge in [0.05, 0.1) is 10.6 Å². The van der Waals surface area contributed by atoms with Gasteiger partial charge in [0, 0.05) is 11.0 Å². The molecule has 0 aromatic heterocycles. The minimum atomic E-state index is -6.50. The summed E-state index contributed by atoms with van der Waals surface area (Å²) < 4.78 is 95.6. The zero-order valence-corrected chi connectivity index (χ0v) is 15.8. The lowest BCUT2D eigenvalue weighted by Gasteiger charge is -2.28. The van der Waals surface area contributed by atoms with E-state index in [1.165, 1.54) is 24.3 Å². The predicted molar refractivity (Wildman–Crippen MR) is 95.5 cm³/mol. The van der Waals surface area contributed by atoms with Gasteiger partial charge in [-0.05, 0) is 30.0 Å². The maximum absolute atomic E-state index is 13.7. The van der Waals surface area contributed by atoms with Crippen LogP contribution in [0.1, 0.15) is 0 Å². The van der Waals surface area contributed by atoms with Gasteiger partial charge in [-0.3, -0.25) is 14.9 Å². The van der Waals surface area contributed by atoms with Crippen molar-refractivity contribution >= 4 is 29.0 Å². The molecule has 0 unspecified atom stereocenters. The smallest absolute Gasteiger partial charge is 0.460 e. The molecule has 0 aliphatic heterocycles. The molecule has 1 amide bonds. The van der Waals surface area contributed by atoms with Gasteiger partial charge in [0.1, 0.15) is 0 Å². The molecule has 0 saturated heterocycles. The Labute approximate surface area is 173 Å². The van der Waals surface area contributed by atoms with Gasteiger partial charge in [0.2, 0.25) is 0 Å². The number of nitrogens with zero attached hydrogens (tertiary/aromatic N) is 1. The van der Waals surface area contributed by atoms with Crippen LogP contribution in [0.2, 0.25) is 0 Å². The number of ether oxygens (including phenoxy) is 1. The van der Waals surface area contributed by atoms with Gasteiger partial charge in [0.25, 0.3) is 5.91 Å². The number of amides is 1. The Hall–Kier alpha value is -3.03. The zero-order chi connectivity index (χ0) is 23.4. The fraction of sp³-hybridized carbons (Fsp3) is 0.235. The van der Waals surface area contributed by atoms with E-state index in [0.717, 1.165) is 24.3 Å². The molecule has 0 radical (unpaired) electrons. The van der Waals surface area contributed by atoms with Gasteiger partial charge in [-0.25, -0.2) is 0 Å². The Kier molecular flexibility index (Phi) is 7.03. The van der Waals surface area contributed by atoms with Crippen LogP contribution in [0.25, 0.3) is 0 Å². The number of alkyl halides is 7. The molecule has 14 heteroatoms. The summed E-state index contributed by atoms with van der Waals surface area (Å²) in [7, 11) is 0. The molecule has 0 fully saturated rings. The average molecular weight is 472 g/mol. The lowest BCUT2D eigenvalue weighted by atomic mass is 10.3. The average Bonchev–Trinajstić information content (AvgIpc) is 2.67. The number of halogens is 7. The first-order valence-electron chi connectivity index (χ1n) is 8.03. The first kappa shape index (κ1) is 24.2. The number of thioether (sulfide) groups is 1. The second-order valence-corrected chi connectivity index (χ2v) is 6.91. The van der Waals surface area contributed by atoms with Crippen LogP contribution in [-0.4, -0.2) is 34.8 Å². The van der Waals surface area contributed by atoms with Crippen molar-refractivity contribution in [1.29, 1.82) is 0 Å². The van der Waals surface area contributed by atoms with E-state index < -0.39 is 62.8 Å². The van der Waals surface area contributed by atoms with E-state index >= 15 is 0 Å². The fourth-order valence-corrected chi connectivity index (χ4v) is 2.98. The molecule has 1 N–H and O–H groups in total. The van der Waals surface area contributed by atoms with E-state index in [9.17, 15) is 45.6 Å². The Morgan fingerprint density at radius 1 is 1.00 bits per heavy atom. The summed E-state index contributed by atoms with van der Waals surface area (Å²) >= 11 is -1.08. The van der Waals surface area contributed by atoms with Crippen molar-refractivity contribution in [3.05, 3.63) is 58.6 Å². The monoisotopic (exact) mass is 472 g/mol. The maximum atomic E-state index is 13.7. The second-order valence-electron chi connectivity index (χ2n) is 5.75. The second kappa shape index (κ2) is 8.99. The topological polar surface area (TPSA) is 81.5 Å². The number of nitro benzene ring substituents is 1. The van der Waals surface area contributed by atoms with Crippen molar-refractivity contribution in [3.8, 4) is 5.75 Å². The molecule has 6 nitrogen and oxygen atoms in total. The van der Waals surface area contributed by atoms with Crippen LogP contribution in [-0.2, 0) is 4.79 Å². The lowest BCUT2D eigenvalue weighted by Crippen LogP contribution is -2.49. The van der Waals surface area contributed by atoms with Crippen LogP contribution < -0.4 is 10.1 Å². The number of anilines is 1. The Morgan fingerprint density at radius 2 is 1.58 bits per heavy atom. The molecule has 31 heavy (non-hydrogen) atoms. The summed E-state index contributed by atoms with van der Waals surface area (Å²) in [6.45, 7) is -0.834. The Bertz CT molecular complexity index is 969. The molecule has 2 rings (SSSR count). The quantitative estimate of drug-likeness (QED) is 0.238. The first-order chi connectivity index (χ1) is 14.3. The van der Waals surface area contributed by atoms with E-state index in [-0.39, 0.29) is 5.75 Å². The predicted octanol–water partition coefficient (Wildman–Crippen LogP) is 5.49. The van der Waals surface area contributed by atoms with Gasteiger partial charge in [-0.2, -0.15) is 30.7 Å². The highest BCUT2D eigenvalue weighted by molar-refractivity contribution is 8.00. The number of nitro groups is 1. The lowest BCUT2D eigenvalue weighted by molar-refractivity contribution is -0.385. The fourth-order valence-electron chi connectivity index (χ4n) is 2.09. The third-order valence-electron chi connectivity index (χ3n) is 3.54. The molecule has 0 atom stereocenters. The SMILES string of the molecule is O=C(COc1ccccc1[N+](=O)[O-])Nc1ccccc1SC(F)(F)C(F)(F)C(F)(F)F. The summed E-state index contributed by atoms with van der Waals surface area (Å²) in [5.74, 6) is -7.64. The van der Waals surface area contributed by atoms with Gasteiger partial charge in [-0.1, -0.05) is 24.3 Å². The van der Waals surface area contributed by atoms with Crippen molar-refractivity contribution in [2.45, 2.75) is 22.2 Å². The number of benzene rings is 2. The van der Waals surface area contributed by atoms with Crippen LogP contribution >= 0.6 is 11.8 Å². The minimum absolute atomic E-state index is 0.276. The standard InChI is InChI=1S/C17H11F7N2O4S/c18-15(19,16(20,21)22)17(23,24)31-13-8-4-1-5-10(13)25-14(27)9-30-12-7-3-2-6-11(12)26(28)29/h1-8H,9H2,(H,25,27). The minimum Gasteiger partial charge on any atom is -0.477 e. The van der Waals surface area contributed by atoms with E-state index in [1.54, 1.807) is 0 Å². The van der Waals surface area contributed by atoms with Crippen molar-refractivity contribution in [2.24, 2.45) is 0 Å². The van der Waals surface area contributed by atoms with Crippen LogP contribution in [0, 0.1) is 10.1 Å². The largest absolute Gasteiger partial charge is 0.477 e. The number of carbonyl (C=O) groups is 1. The third-order valence-corrected chi connectivity index (χ3v) is 4.63. The van der Waals surface area contributed by atoms with Crippen LogP contribution in [0.15, 0.2) is 53.4 Å². The van der Waals surface area contributed by atoms with Crippen molar-refractivity contribution in [3.63, 3.8) is 0 Å². The molecule has 0 heterocycles. The molecule has 168 valence electrons. The number of rotatable bonds is 8. The molecule has 2 aromatic rings. The number of para-hydroxylation sites is 3. The van der Waals surface area contributed by atoms with Crippen LogP contribution in [0.3, 0.4) is 0 Å².